The van der Waals surface area contributed by atoms with Crippen molar-refractivity contribution < 1.29 is 22.8 Å². The zero-order chi connectivity index (χ0) is 19.4. The van der Waals surface area contributed by atoms with Gasteiger partial charge in [-0.05, 0) is 24.3 Å². The van der Waals surface area contributed by atoms with E-state index in [1.165, 1.54) is 18.2 Å². The summed E-state index contributed by atoms with van der Waals surface area (Å²) in [6, 6.07) is 13.2. The summed E-state index contributed by atoms with van der Waals surface area (Å²) in [5.41, 5.74) is -0.434. The molecule has 2 N–H and O–H groups in total. The van der Waals surface area contributed by atoms with Gasteiger partial charge < -0.3 is 15.5 Å². The maximum absolute atomic E-state index is 13.0. The molecule has 2 aromatic rings. The first kappa shape index (κ1) is 18.8. The maximum Gasteiger partial charge on any atom is 0.418 e. The molecule has 1 atom stereocenters. The zero-order valence-electron chi connectivity index (χ0n) is 14.3. The highest BCUT2D eigenvalue weighted by molar-refractivity contribution is 5.96. The van der Waals surface area contributed by atoms with Crippen molar-refractivity contribution in [3.05, 3.63) is 60.2 Å². The van der Waals surface area contributed by atoms with Gasteiger partial charge in [-0.2, -0.15) is 13.2 Å². The van der Waals surface area contributed by atoms with E-state index in [0.29, 0.717) is 6.54 Å². The standard InChI is InChI=1S/C19H18F3N3O2/c20-19(21,22)15-8-4-5-9-16(15)24-18(27)23-11-13-10-17(26)25(12-13)14-6-2-1-3-7-14/h1-9,13H,10-12H2,(H2,23,24,27)/t13-/m1/s1. The van der Waals surface area contributed by atoms with Crippen LogP contribution in [0.3, 0.4) is 0 Å². The van der Waals surface area contributed by atoms with Crippen LogP contribution in [-0.2, 0) is 11.0 Å². The number of alkyl halides is 3. The van der Waals surface area contributed by atoms with E-state index >= 15 is 0 Å². The van der Waals surface area contributed by atoms with Crippen LogP contribution in [-0.4, -0.2) is 25.0 Å². The molecule has 1 heterocycles. The van der Waals surface area contributed by atoms with Crippen molar-refractivity contribution in [3.63, 3.8) is 0 Å². The van der Waals surface area contributed by atoms with Gasteiger partial charge in [0.25, 0.3) is 0 Å². The summed E-state index contributed by atoms with van der Waals surface area (Å²) in [4.78, 5) is 25.8. The fourth-order valence-corrected chi connectivity index (χ4v) is 3.02. The number of amides is 3. The van der Waals surface area contributed by atoms with Gasteiger partial charge in [0.1, 0.15) is 0 Å². The van der Waals surface area contributed by atoms with Crippen LogP contribution in [0.4, 0.5) is 29.3 Å². The van der Waals surface area contributed by atoms with E-state index in [-0.39, 0.29) is 30.5 Å². The predicted molar refractivity (Wildman–Crippen MR) is 95.4 cm³/mol. The summed E-state index contributed by atoms with van der Waals surface area (Å²) in [5.74, 6) is -0.155. The molecule has 0 bridgehead atoms. The Morgan fingerprint density at radius 2 is 1.74 bits per heavy atom. The van der Waals surface area contributed by atoms with Crippen molar-refractivity contribution in [1.29, 1.82) is 0 Å². The van der Waals surface area contributed by atoms with E-state index in [4.69, 9.17) is 0 Å². The van der Waals surface area contributed by atoms with Crippen LogP contribution in [0.1, 0.15) is 12.0 Å². The Morgan fingerprint density at radius 3 is 2.44 bits per heavy atom. The number of para-hydroxylation sites is 2. The summed E-state index contributed by atoms with van der Waals surface area (Å²) >= 11 is 0. The van der Waals surface area contributed by atoms with Gasteiger partial charge in [0, 0.05) is 31.1 Å². The number of carbonyl (C=O) groups excluding carboxylic acids is 2. The van der Waals surface area contributed by atoms with Gasteiger partial charge in [0.2, 0.25) is 5.91 Å². The number of hydrogen-bond acceptors (Lipinski definition) is 2. The van der Waals surface area contributed by atoms with Gasteiger partial charge in [-0.1, -0.05) is 30.3 Å². The molecule has 5 nitrogen and oxygen atoms in total. The predicted octanol–water partition coefficient (Wildman–Crippen LogP) is 3.88. The number of benzene rings is 2. The van der Waals surface area contributed by atoms with Gasteiger partial charge in [-0.25, -0.2) is 4.79 Å². The SMILES string of the molecule is O=C(NC[C@H]1CC(=O)N(c2ccccc2)C1)Nc1ccccc1C(F)(F)F. The van der Waals surface area contributed by atoms with Gasteiger partial charge >= 0.3 is 12.2 Å². The minimum atomic E-state index is -4.56. The topological polar surface area (TPSA) is 61.4 Å². The Hall–Kier alpha value is -3.03. The molecule has 142 valence electrons. The lowest BCUT2D eigenvalue weighted by molar-refractivity contribution is -0.136. The number of nitrogens with zero attached hydrogens (tertiary/aromatic N) is 1. The molecule has 0 unspecified atom stereocenters. The summed E-state index contributed by atoms with van der Waals surface area (Å²) < 4.78 is 38.9. The molecule has 0 aromatic heterocycles. The first-order valence-corrected chi connectivity index (χ1v) is 8.41. The minimum Gasteiger partial charge on any atom is -0.338 e. The first-order chi connectivity index (χ1) is 12.8. The number of halogens is 3. The van der Waals surface area contributed by atoms with E-state index in [0.717, 1.165) is 11.8 Å². The van der Waals surface area contributed by atoms with Gasteiger partial charge in [-0.15, -0.1) is 0 Å². The quantitative estimate of drug-likeness (QED) is 0.850. The van der Waals surface area contributed by atoms with Crippen LogP contribution < -0.4 is 15.5 Å². The number of rotatable bonds is 4. The van der Waals surface area contributed by atoms with Crippen molar-refractivity contribution >= 4 is 23.3 Å². The number of urea groups is 1. The summed E-state index contributed by atoms with van der Waals surface area (Å²) in [6.45, 7) is 0.636. The monoisotopic (exact) mass is 377 g/mol. The van der Waals surface area contributed by atoms with Crippen molar-refractivity contribution in [2.75, 3.05) is 23.3 Å². The zero-order valence-corrected chi connectivity index (χ0v) is 14.3. The number of nitrogens with one attached hydrogen (secondary N) is 2. The molecule has 8 heteroatoms. The van der Waals surface area contributed by atoms with Gasteiger partial charge in [-0.3, -0.25) is 4.79 Å². The Morgan fingerprint density at radius 1 is 1.07 bits per heavy atom. The van der Waals surface area contributed by atoms with E-state index in [2.05, 4.69) is 10.6 Å². The lowest BCUT2D eigenvalue weighted by Gasteiger charge is -2.17. The Kier molecular flexibility index (Phi) is 5.34. The lowest BCUT2D eigenvalue weighted by Crippen LogP contribution is -2.34. The third-order valence-corrected chi connectivity index (χ3v) is 4.30. The fraction of sp³-hybridized carbons (Fsp3) is 0.263. The molecule has 1 fully saturated rings. The average Bonchev–Trinajstić information content (AvgIpc) is 3.01. The van der Waals surface area contributed by atoms with Crippen LogP contribution in [0.2, 0.25) is 0 Å². The molecule has 3 rings (SSSR count). The van der Waals surface area contributed by atoms with Crippen LogP contribution >= 0.6 is 0 Å². The first-order valence-electron chi connectivity index (χ1n) is 8.41. The molecule has 0 aliphatic carbocycles. The Balaban J connectivity index is 1.56. The molecule has 0 spiro atoms. The summed E-state index contributed by atoms with van der Waals surface area (Å²) in [7, 11) is 0. The van der Waals surface area contributed by atoms with Gasteiger partial charge in [0.05, 0.1) is 11.3 Å². The second kappa shape index (κ2) is 7.69. The third kappa shape index (κ3) is 4.58. The molecule has 3 amide bonds. The van der Waals surface area contributed by atoms with Crippen molar-refractivity contribution in [2.45, 2.75) is 12.6 Å². The van der Waals surface area contributed by atoms with Crippen molar-refractivity contribution in [3.8, 4) is 0 Å². The van der Waals surface area contributed by atoms with Crippen LogP contribution in [0.25, 0.3) is 0 Å². The highest BCUT2D eigenvalue weighted by Gasteiger charge is 2.34. The molecule has 2 aromatic carbocycles. The maximum atomic E-state index is 13.0. The number of hydrogen-bond donors (Lipinski definition) is 2. The van der Waals surface area contributed by atoms with Crippen LogP contribution in [0.5, 0.6) is 0 Å². The summed E-state index contributed by atoms with van der Waals surface area (Å²) in [5, 5.41) is 4.77. The largest absolute Gasteiger partial charge is 0.418 e. The number of anilines is 2. The molecular formula is C19H18F3N3O2. The second-order valence-corrected chi connectivity index (χ2v) is 6.29. The van der Waals surface area contributed by atoms with E-state index in [1.54, 1.807) is 4.90 Å². The van der Waals surface area contributed by atoms with E-state index in [1.807, 2.05) is 30.3 Å². The van der Waals surface area contributed by atoms with E-state index in [9.17, 15) is 22.8 Å². The lowest BCUT2D eigenvalue weighted by atomic mass is 10.1. The number of carbonyl (C=O) groups is 2. The fourth-order valence-electron chi connectivity index (χ4n) is 3.02. The Labute approximate surface area is 154 Å². The van der Waals surface area contributed by atoms with Crippen LogP contribution in [0, 0.1) is 5.92 Å². The van der Waals surface area contributed by atoms with Crippen molar-refractivity contribution in [1.82, 2.24) is 5.32 Å². The van der Waals surface area contributed by atoms with Crippen LogP contribution in [0.15, 0.2) is 54.6 Å². The summed E-state index contributed by atoms with van der Waals surface area (Å²) in [6.07, 6.45) is -4.29. The highest BCUT2D eigenvalue weighted by Crippen LogP contribution is 2.34. The Bertz CT molecular complexity index is 824. The molecule has 1 saturated heterocycles. The van der Waals surface area contributed by atoms with Gasteiger partial charge in [0.15, 0.2) is 0 Å². The molecule has 0 radical (unpaired) electrons. The average molecular weight is 377 g/mol. The minimum absolute atomic E-state index is 0.0455. The third-order valence-electron chi connectivity index (χ3n) is 4.30. The second-order valence-electron chi connectivity index (χ2n) is 6.29. The molecule has 1 aliphatic heterocycles. The molecule has 27 heavy (non-hydrogen) atoms. The molecular weight excluding hydrogens is 359 g/mol. The molecule has 0 saturated carbocycles. The smallest absolute Gasteiger partial charge is 0.338 e. The van der Waals surface area contributed by atoms with Crippen molar-refractivity contribution in [2.24, 2.45) is 5.92 Å². The molecule has 1 aliphatic rings. The highest BCUT2D eigenvalue weighted by atomic mass is 19.4. The normalized spacial score (nSPS) is 17.1. The van der Waals surface area contributed by atoms with E-state index < -0.39 is 17.8 Å².